The number of benzene rings is 1. The van der Waals surface area contributed by atoms with Gasteiger partial charge in [0.15, 0.2) is 15.7 Å². The van der Waals surface area contributed by atoms with Crippen LogP contribution in [-0.2, 0) is 16.0 Å². The van der Waals surface area contributed by atoms with Gasteiger partial charge in [-0.2, -0.15) is 28.1 Å². The Hall–Kier alpha value is -3.28. The number of nitrogens with two attached hydrogens (primary N) is 1. The van der Waals surface area contributed by atoms with Crippen LogP contribution in [0.25, 0.3) is 11.5 Å². The minimum Gasteiger partial charge on any atom is -0.368 e. The number of anilines is 3. The van der Waals surface area contributed by atoms with Crippen molar-refractivity contribution in [3.8, 4) is 11.5 Å². The van der Waals surface area contributed by atoms with Crippen LogP contribution in [0.4, 0.5) is 30.8 Å². The van der Waals surface area contributed by atoms with Crippen molar-refractivity contribution >= 4 is 27.4 Å². The zero-order valence-electron chi connectivity index (χ0n) is 16.0. The second-order valence-electron chi connectivity index (χ2n) is 7.12. The number of nitrogens with zero attached hydrogens (tertiary/aromatic N) is 4. The molecule has 162 valence electrons. The van der Waals surface area contributed by atoms with Gasteiger partial charge in [0.25, 0.3) is 0 Å². The number of alkyl halides is 3. The Balaban J connectivity index is 1.62. The first kappa shape index (κ1) is 21.0. The maximum Gasteiger partial charge on any atom is 0.433 e. The number of halogens is 3. The van der Waals surface area contributed by atoms with Gasteiger partial charge in [0.1, 0.15) is 11.4 Å². The van der Waals surface area contributed by atoms with Gasteiger partial charge in [-0.25, -0.2) is 13.4 Å². The van der Waals surface area contributed by atoms with E-state index in [2.05, 4.69) is 25.3 Å². The molecule has 0 radical (unpaired) electrons. The molecule has 0 saturated heterocycles. The van der Waals surface area contributed by atoms with Crippen molar-refractivity contribution in [3.05, 3.63) is 48.2 Å². The van der Waals surface area contributed by atoms with Gasteiger partial charge in [-0.3, -0.25) is 0 Å². The topological polar surface area (TPSA) is 124 Å². The summed E-state index contributed by atoms with van der Waals surface area (Å²) in [6.07, 6.45) is -2.80. The number of hydrogen-bond acceptors (Lipinski definition) is 8. The van der Waals surface area contributed by atoms with E-state index >= 15 is 0 Å². The Morgan fingerprint density at radius 2 is 1.77 bits per heavy atom. The highest BCUT2D eigenvalue weighted by atomic mass is 32.2. The molecule has 4 rings (SSSR count). The van der Waals surface area contributed by atoms with Crippen molar-refractivity contribution in [2.75, 3.05) is 16.8 Å². The smallest absolute Gasteiger partial charge is 0.368 e. The number of pyridine rings is 1. The average Bonchev–Trinajstić information content (AvgIpc) is 3.50. The molecule has 0 spiro atoms. The molecule has 3 N–H and O–H groups in total. The number of rotatable bonds is 6. The van der Waals surface area contributed by atoms with E-state index in [1.807, 2.05) is 0 Å². The molecular formula is C19H17F3N6O2S. The van der Waals surface area contributed by atoms with Crippen LogP contribution in [0.3, 0.4) is 0 Å². The van der Waals surface area contributed by atoms with Gasteiger partial charge in [0, 0.05) is 5.69 Å². The second-order valence-corrected chi connectivity index (χ2v) is 9.16. The zero-order valence-corrected chi connectivity index (χ0v) is 16.8. The van der Waals surface area contributed by atoms with E-state index in [9.17, 15) is 21.6 Å². The van der Waals surface area contributed by atoms with Crippen molar-refractivity contribution in [1.82, 2.24) is 19.9 Å². The van der Waals surface area contributed by atoms with E-state index in [-0.39, 0.29) is 40.0 Å². The van der Waals surface area contributed by atoms with E-state index in [1.165, 1.54) is 24.3 Å². The van der Waals surface area contributed by atoms with E-state index in [1.54, 1.807) is 12.1 Å². The van der Waals surface area contributed by atoms with Crippen LogP contribution in [0, 0.1) is 5.92 Å². The van der Waals surface area contributed by atoms with Crippen LogP contribution in [0.5, 0.6) is 0 Å². The molecular weight excluding hydrogens is 433 g/mol. The number of aromatic nitrogens is 4. The third kappa shape index (κ3) is 5.08. The Morgan fingerprint density at radius 1 is 1.03 bits per heavy atom. The molecule has 0 amide bonds. The van der Waals surface area contributed by atoms with Crippen molar-refractivity contribution in [1.29, 1.82) is 0 Å². The SMILES string of the molecule is Nc1nc(Nc2cccc(S(=O)(=O)CC3CC3)c2)nc(-c2cccc(C(F)(F)F)n2)n1. The first-order chi connectivity index (χ1) is 14.6. The van der Waals surface area contributed by atoms with Gasteiger partial charge < -0.3 is 11.1 Å². The van der Waals surface area contributed by atoms with Gasteiger partial charge in [0.05, 0.1) is 10.6 Å². The number of nitrogens with one attached hydrogen (secondary N) is 1. The van der Waals surface area contributed by atoms with E-state index in [0.717, 1.165) is 18.9 Å². The quantitative estimate of drug-likeness (QED) is 0.585. The van der Waals surface area contributed by atoms with Gasteiger partial charge >= 0.3 is 6.18 Å². The summed E-state index contributed by atoms with van der Waals surface area (Å²) >= 11 is 0. The molecule has 1 saturated carbocycles. The van der Waals surface area contributed by atoms with Crippen LogP contribution in [-0.4, -0.2) is 34.1 Å². The molecule has 1 aromatic carbocycles. The summed E-state index contributed by atoms with van der Waals surface area (Å²) in [4.78, 5) is 15.6. The predicted octanol–water partition coefficient (Wildman–Crippen LogP) is 3.46. The third-order valence-electron chi connectivity index (χ3n) is 4.52. The highest BCUT2D eigenvalue weighted by molar-refractivity contribution is 7.91. The molecule has 0 atom stereocenters. The van der Waals surface area contributed by atoms with E-state index in [4.69, 9.17) is 5.73 Å². The fourth-order valence-corrected chi connectivity index (χ4v) is 4.61. The van der Waals surface area contributed by atoms with Gasteiger partial charge in [-0.15, -0.1) is 0 Å². The lowest BCUT2D eigenvalue weighted by Gasteiger charge is -2.10. The predicted molar refractivity (Wildman–Crippen MR) is 107 cm³/mol. The Bertz CT molecular complexity index is 1230. The monoisotopic (exact) mass is 450 g/mol. The fraction of sp³-hybridized carbons (Fsp3) is 0.263. The van der Waals surface area contributed by atoms with Gasteiger partial charge in [-0.05, 0) is 49.1 Å². The molecule has 31 heavy (non-hydrogen) atoms. The summed E-state index contributed by atoms with van der Waals surface area (Å²) in [5.74, 6) is -0.144. The van der Waals surface area contributed by atoms with Crippen LogP contribution in [0.2, 0.25) is 0 Å². The summed E-state index contributed by atoms with van der Waals surface area (Å²) in [5, 5.41) is 2.82. The van der Waals surface area contributed by atoms with Crippen LogP contribution < -0.4 is 11.1 Å². The molecule has 2 aromatic heterocycles. The summed E-state index contributed by atoms with van der Waals surface area (Å²) in [5.41, 5.74) is 4.84. The second kappa shape index (κ2) is 7.76. The number of hydrogen-bond donors (Lipinski definition) is 2. The number of sulfone groups is 1. The Kier molecular flexibility index (Phi) is 5.25. The van der Waals surface area contributed by atoms with Gasteiger partial charge in [0.2, 0.25) is 11.9 Å². The van der Waals surface area contributed by atoms with Crippen LogP contribution in [0.1, 0.15) is 18.5 Å². The largest absolute Gasteiger partial charge is 0.433 e. The molecule has 0 aliphatic heterocycles. The molecule has 1 aliphatic rings. The van der Waals surface area contributed by atoms with Crippen LogP contribution in [0.15, 0.2) is 47.4 Å². The van der Waals surface area contributed by atoms with Crippen molar-refractivity contribution in [3.63, 3.8) is 0 Å². The molecule has 12 heteroatoms. The molecule has 8 nitrogen and oxygen atoms in total. The maximum absolute atomic E-state index is 12.9. The van der Waals surface area contributed by atoms with Crippen LogP contribution >= 0.6 is 0 Å². The summed E-state index contributed by atoms with van der Waals surface area (Å²) < 4.78 is 63.8. The molecule has 2 heterocycles. The highest BCUT2D eigenvalue weighted by Gasteiger charge is 2.33. The van der Waals surface area contributed by atoms with Gasteiger partial charge in [-0.1, -0.05) is 12.1 Å². The highest BCUT2D eigenvalue weighted by Crippen LogP contribution is 2.33. The van der Waals surface area contributed by atoms with E-state index in [0.29, 0.717) is 5.69 Å². The minimum atomic E-state index is -4.62. The first-order valence-electron chi connectivity index (χ1n) is 9.26. The third-order valence-corrected chi connectivity index (χ3v) is 6.41. The number of nitrogen functional groups attached to an aromatic ring is 1. The zero-order chi connectivity index (χ0) is 22.2. The van der Waals surface area contributed by atoms with Crippen molar-refractivity contribution < 1.29 is 21.6 Å². The van der Waals surface area contributed by atoms with Crippen molar-refractivity contribution in [2.45, 2.75) is 23.9 Å². The summed E-state index contributed by atoms with van der Waals surface area (Å²) in [6, 6.07) is 9.47. The lowest BCUT2D eigenvalue weighted by atomic mass is 10.3. The average molecular weight is 450 g/mol. The first-order valence-corrected chi connectivity index (χ1v) is 10.9. The fourth-order valence-electron chi connectivity index (χ4n) is 2.87. The molecule has 3 aromatic rings. The minimum absolute atomic E-state index is 0.0570. The van der Waals surface area contributed by atoms with Crippen molar-refractivity contribution in [2.24, 2.45) is 5.92 Å². The molecule has 1 aliphatic carbocycles. The maximum atomic E-state index is 12.9. The molecule has 0 unspecified atom stereocenters. The Labute approximate surface area is 175 Å². The lowest BCUT2D eigenvalue weighted by molar-refractivity contribution is -0.141. The Morgan fingerprint density at radius 3 is 2.48 bits per heavy atom. The lowest BCUT2D eigenvalue weighted by Crippen LogP contribution is -2.10. The normalized spacial score (nSPS) is 14.4. The molecule has 0 bridgehead atoms. The molecule has 1 fully saturated rings. The summed E-state index contributed by atoms with van der Waals surface area (Å²) in [6.45, 7) is 0. The standard InChI is InChI=1S/C19H17F3N6O2S/c20-19(21,22)15-6-2-5-14(25-15)16-26-17(23)28-18(27-16)24-12-3-1-4-13(9-12)31(29,30)10-11-7-8-11/h1-6,9,11H,7-8,10H2,(H3,23,24,26,27,28). The summed E-state index contributed by atoms with van der Waals surface area (Å²) in [7, 11) is -3.42. The van der Waals surface area contributed by atoms with E-state index < -0.39 is 21.7 Å².